The second-order valence-electron chi connectivity index (χ2n) is 6.50. The largest absolute Gasteiger partial charge is 0.478 e. The molecular weight excluding hydrogens is 305 g/mol. The predicted molar refractivity (Wildman–Crippen MR) is 90.9 cm³/mol. The van der Waals surface area contributed by atoms with Gasteiger partial charge in [0.2, 0.25) is 0 Å². The predicted octanol–water partition coefficient (Wildman–Crippen LogP) is 4.66. The van der Waals surface area contributed by atoms with Crippen LogP contribution in [-0.4, -0.2) is 11.1 Å². The second kappa shape index (κ2) is 5.48. The molecule has 3 atom stereocenters. The average Bonchev–Trinajstić information content (AvgIpc) is 3.05. The Bertz CT molecular complexity index is 859. The van der Waals surface area contributed by atoms with Crippen molar-refractivity contribution in [2.45, 2.75) is 25.3 Å². The van der Waals surface area contributed by atoms with Crippen LogP contribution in [-0.2, 0) is 0 Å². The van der Waals surface area contributed by atoms with Crippen molar-refractivity contribution in [3.63, 3.8) is 0 Å². The van der Waals surface area contributed by atoms with Crippen molar-refractivity contribution in [1.29, 1.82) is 0 Å². The van der Waals surface area contributed by atoms with Gasteiger partial charge >= 0.3 is 5.97 Å². The molecule has 0 aromatic heterocycles. The van der Waals surface area contributed by atoms with Crippen molar-refractivity contribution in [3.8, 4) is 0 Å². The van der Waals surface area contributed by atoms with Gasteiger partial charge in [-0.15, -0.1) is 0 Å². The summed E-state index contributed by atoms with van der Waals surface area (Å²) in [7, 11) is 0. The molecule has 0 saturated heterocycles. The molecule has 0 fully saturated rings. The molecular formula is C20H18FNO2. The van der Waals surface area contributed by atoms with Crippen LogP contribution < -0.4 is 5.32 Å². The highest BCUT2D eigenvalue weighted by Gasteiger charge is 2.39. The van der Waals surface area contributed by atoms with Crippen LogP contribution in [0.1, 0.15) is 45.4 Å². The molecule has 0 saturated carbocycles. The highest BCUT2D eigenvalue weighted by molar-refractivity contribution is 5.92. The van der Waals surface area contributed by atoms with Crippen molar-refractivity contribution in [3.05, 3.63) is 76.6 Å². The number of nitrogens with one attached hydrogen (secondary N) is 1. The van der Waals surface area contributed by atoms with E-state index in [-0.39, 0.29) is 29.3 Å². The summed E-state index contributed by atoms with van der Waals surface area (Å²) in [5.41, 5.74) is 3.57. The molecule has 2 aromatic carbocycles. The summed E-state index contributed by atoms with van der Waals surface area (Å²) in [6, 6.07) is 10.2. The molecule has 2 aliphatic rings. The number of allylic oxidation sites excluding steroid dienone is 2. The minimum Gasteiger partial charge on any atom is -0.478 e. The summed E-state index contributed by atoms with van der Waals surface area (Å²) in [6.07, 6.45) is 5.19. The molecule has 1 heterocycles. The van der Waals surface area contributed by atoms with E-state index < -0.39 is 5.97 Å². The van der Waals surface area contributed by atoms with Gasteiger partial charge in [0, 0.05) is 17.2 Å². The van der Waals surface area contributed by atoms with Crippen LogP contribution in [0, 0.1) is 18.7 Å². The Morgan fingerprint density at radius 3 is 2.75 bits per heavy atom. The van der Waals surface area contributed by atoms with Gasteiger partial charge in [0.25, 0.3) is 0 Å². The monoisotopic (exact) mass is 323 g/mol. The summed E-state index contributed by atoms with van der Waals surface area (Å²) in [4.78, 5) is 11.4. The van der Waals surface area contributed by atoms with Crippen LogP contribution in [0.2, 0.25) is 0 Å². The number of carbonyl (C=O) groups is 1. The maximum absolute atomic E-state index is 14.4. The minimum absolute atomic E-state index is 0.165. The Labute approximate surface area is 139 Å². The van der Waals surface area contributed by atoms with Crippen LogP contribution in [0.25, 0.3) is 0 Å². The quantitative estimate of drug-likeness (QED) is 0.790. The number of benzene rings is 2. The van der Waals surface area contributed by atoms with E-state index in [1.54, 1.807) is 12.1 Å². The van der Waals surface area contributed by atoms with E-state index in [1.165, 1.54) is 6.07 Å². The van der Waals surface area contributed by atoms with Crippen LogP contribution in [0.4, 0.5) is 10.1 Å². The maximum atomic E-state index is 14.4. The molecule has 3 nitrogen and oxygen atoms in total. The maximum Gasteiger partial charge on any atom is 0.336 e. The van der Waals surface area contributed by atoms with Gasteiger partial charge in [0.1, 0.15) is 5.82 Å². The SMILES string of the molecule is Cc1c(C(=O)O)ccc2c1N[C@@H](c1ccccc1F)[C@H]1CC=C[C@H]21. The number of aromatic carboxylic acids is 1. The molecule has 2 aromatic rings. The van der Waals surface area contributed by atoms with Gasteiger partial charge in [-0.1, -0.05) is 36.4 Å². The van der Waals surface area contributed by atoms with Crippen molar-refractivity contribution < 1.29 is 14.3 Å². The molecule has 2 N–H and O–H groups in total. The topological polar surface area (TPSA) is 49.3 Å². The Morgan fingerprint density at radius 2 is 2.00 bits per heavy atom. The lowest BCUT2D eigenvalue weighted by molar-refractivity contribution is 0.0696. The summed E-state index contributed by atoms with van der Waals surface area (Å²) >= 11 is 0. The van der Waals surface area contributed by atoms with Crippen LogP contribution in [0.15, 0.2) is 48.6 Å². The first kappa shape index (κ1) is 14.9. The van der Waals surface area contributed by atoms with E-state index in [2.05, 4.69) is 17.5 Å². The van der Waals surface area contributed by atoms with Gasteiger partial charge < -0.3 is 10.4 Å². The Balaban J connectivity index is 1.87. The van der Waals surface area contributed by atoms with Gasteiger partial charge in [-0.2, -0.15) is 0 Å². The number of hydrogen-bond donors (Lipinski definition) is 2. The average molecular weight is 323 g/mol. The summed E-state index contributed by atoms with van der Waals surface area (Å²) < 4.78 is 14.4. The lowest BCUT2D eigenvalue weighted by Gasteiger charge is -2.38. The summed E-state index contributed by atoms with van der Waals surface area (Å²) in [6.45, 7) is 1.81. The normalized spacial score (nSPS) is 24.2. The zero-order chi connectivity index (χ0) is 16.8. The second-order valence-corrected chi connectivity index (χ2v) is 6.50. The highest BCUT2D eigenvalue weighted by atomic mass is 19.1. The lowest BCUT2D eigenvalue weighted by atomic mass is 9.76. The summed E-state index contributed by atoms with van der Waals surface area (Å²) in [5, 5.41) is 12.8. The molecule has 24 heavy (non-hydrogen) atoms. The van der Waals surface area contributed by atoms with Crippen molar-refractivity contribution in [1.82, 2.24) is 0 Å². The zero-order valence-electron chi connectivity index (χ0n) is 13.3. The van der Waals surface area contributed by atoms with E-state index >= 15 is 0 Å². The number of hydrogen-bond acceptors (Lipinski definition) is 2. The van der Waals surface area contributed by atoms with Crippen molar-refractivity contribution in [2.24, 2.45) is 5.92 Å². The molecule has 0 spiro atoms. The third-order valence-electron chi connectivity index (χ3n) is 5.27. The van der Waals surface area contributed by atoms with E-state index in [9.17, 15) is 14.3 Å². The first-order valence-electron chi connectivity index (χ1n) is 8.12. The zero-order valence-corrected chi connectivity index (χ0v) is 13.3. The molecule has 0 radical (unpaired) electrons. The first-order chi connectivity index (χ1) is 11.6. The van der Waals surface area contributed by atoms with E-state index in [4.69, 9.17) is 0 Å². The number of halogens is 1. The minimum atomic E-state index is -0.941. The molecule has 1 aliphatic heterocycles. The first-order valence-corrected chi connectivity index (χ1v) is 8.12. The molecule has 0 bridgehead atoms. The molecule has 122 valence electrons. The smallest absolute Gasteiger partial charge is 0.336 e. The van der Waals surface area contributed by atoms with Crippen LogP contribution in [0.3, 0.4) is 0 Å². The van der Waals surface area contributed by atoms with Gasteiger partial charge in [0.05, 0.1) is 11.6 Å². The van der Waals surface area contributed by atoms with Crippen molar-refractivity contribution in [2.75, 3.05) is 5.32 Å². The van der Waals surface area contributed by atoms with Gasteiger partial charge in [0.15, 0.2) is 0 Å². The number of fused-ring (bicyclic) bond motifs is 3. The van der Waals surface area contributed by atoms with Crippen LogP contribution in [0.5, 0.6) is 0 Å². The lowest BCUT2D eigenvalue weighted by Crippen LogP contribution is -2.30. The van der Waals surface area contributed by atoms with E-state index in [1.807, 2.05) is 25.1 Å². The summed E-state index contributed by atoms with van der Waals surface area (Å²) in [5.74, 6) is -0.739. The Morgan fingerprint density at radius 1 is 1.21 bits per heavy atom. The van der Waals surface area contributed by atoms with Gasteiger partial charge in [-0.05, 0) is 42.5 Å². The van der Waals surface area contributed by atoms with Crippen LogP contribution >= 0.6 is 0 Å². The molecule has 0 unspecified atom stereocenters. The third kappa shape index (κ3) is 2.13. The fourth-order valence-electron chi connectivity index (χ4n) is 4.08. The van der Waals surface area contributed by atoms with E-state index in [0.717, 1.165) is 17.7 Å². The Kier molecular flexibility index (Phi) is 3.41. The van der Waals surface area contributed by atoms with E-state index in [0.29, 0.717) is 11.1 Å². The van der Waals surface area contributed by atoms with Gasteiger partial charge in [-0.3, -0.25) is 0 Å². The standard InChI is InChI=1S/C20H18FNO2/c1-11-12(20(23)24)9-10-15-13-6-4-7-14(13)19(22-18(11)15)16-5-2-3-8-17(16)21/h2-6,8-10,13-14,19,22H,7H2,1H3,(H,23,24)/t13-,14-,19+/m0/s1. The highest BCUT2D eigenvalue weighted by Crippen LogP contribution is 2.51. The molecule has 4 heteroatoms. The van der Waals surface area contributed by atoms with Gasteiger partial charge in [-0.25, -0.2) is 9.18 Å². The molecule has 4 rings (SSSR count). The fraction of sp³-hybridized carbons (Fsp3) is 0.250. The Hall–Kier alpha value is -2.62. The van der Waals surface area contributed by atoms with Crippen molar-refractivity contribution >= 4 is 11.7 Å². The fourth-order valence-corrected chi connectivity index (χ4v) is 4.08. The number of anilines is 1. The molecule has 0 amide bonds. The number of rotatable bonds is 2. The number of carboxylic acids is 1. The number of carboxylic acid groups (broad SMARTS) is 1. The third-order valence-corrected chi connectivity index (χ3v) is 5.27. The molecule has 1 aliphatic carbocycles.